The number of carbonyl (C=O) groups is 2. The Labute approximate surface area is 227 Å². The van der Waals surface area contributed by atoms with Crippen LogP contribution in [-0.4, -0.2) is 24.5 Å². The summed E-state index contributed by atoms with van der Waals surface area (Å²) in [4.78, 5) is 28.6. The zero-order valence-corrected chi connectivity index (χ0v) is 22.6. The monoisotopic (exact) mass is 537 g/mol. The predicted octanol–water partition coefficient (Wildman–Crippen LogP) is 5.51. The Morgan fingerprint density at radius 2 is 1.87 bits per heavy atom. The minimum Gasteiger partial charge on any atom is -0.355 e. The molecule has 3 aromatic rings. The highest BCUT2D eigenvalue weighted by atomic mass is 35.5. The van der Waals surface area contributed by atoms with Gasteiger partial charge in [-0.2, -0.15) is 0 Å². The molecule has 1 heterocycles. The summed E-state index contributed by atoms with van der Waals surface area (Å²) in [5.74, 6) is -1.14. The Bertz CT molecular complexity index is 1320. The fourth-order valence-electron chi connectivity index (χ4n) is 4.56. The molecule has 6 nitrogen and oxygen atoms in total. The Morgan fingerprint density at radius 1 is 1.11 bits per heavy atom. The number of nitrogens with two attached hydrogens (primary N) is 1. The summed E-state index contributed by atoms with van der Waals surface area (Å²) in [6.07, 6.45) is -1.95. The lowest BCUT2D eigenvalue weighted by atomic mass is 9.94. The van der Waals surface area contributed by atoms with Crippen molar-refractivity contribution < 1.29 is 18.7 Å². The van der Waals surface area contributed by atoms with Gasteiger partial charge in [0.15, 0.2) is 0 Å². The predicted molar refractivity (Wildman–Crippen MR) is 147 cm³/mol. The highest BCUT2D eigenvalue weighted by Crippen LogP contribution is 2.41. The molecule has 0 bridgehead atoms. The van der Waals surface area contributed by atoms with Crippen LogP contribution < -0.4 is 16.0 Å². The molecule has 0 aliphatic carbocycles. The summed E-state index contributed by atoms with van der Waals surface area (Å²) in [7, 11) is 0. The Hall–Kier alpha value is -3.26. The Balaban J connectivity index is 1.70. The van der Waals surface area contributed by atoms with Crippen LogP contribution in [0.5, 0.6) is 0 Å². The second-order valence-corrected chi connectivity index (χ2v) is 11.2. The summed E-state index contributed by atoms with van der Waals surface area (Å²) in [6, 6.07) is 19.3. The number of nitrogens with zero attached hydrogens (tertiary/aromatic N) is 1. The number of hydrogen-bond donors (Lipinski definition) is 2. The molecule has 0 saturated heterocycles. The Kier molecular flexibility index (Phi) is 8.51. The molecule has 0 spiro atoms. The average Bonchev–Trinajstić information content (AvgIpc) is 2.98. The molecule has 0 saturated carbocycles. The van der Waals surface area contributed by atoms with Gasteiger partial charge in [-0.05, 0) is 40.8 Å². The number of nitrogens with one attached hydrogen (secondary N) is 1. The zero-order valence-electron chi connectivity index (χ0n) is 21.8. The molecule has 38 heavy (non-hydrogen) atoms. The number of amides is 2. The third kappa shape index (κ3) is 6.59. The highest BCUT2D eigenvalue weighted by Gasteiger charge is 2.39. The second-order valence-electron chi connectivity index (χ2n) is 10.7. The third-order valence-corrected chi connectivity index (χ3v) is 6.57. The number of halogens is 2. The maximum absolute atomic E-state index is 14.1. The molecule has 0 radical (unpaired) electrons. The highest BCUT2D eigenvalue weighted by molar-refractivity contribution is 6.30. The van der Waals surface area contributed by atoms with Gasteiger partial charge in [-0.15, -0.1) is 0 Å². The molecule has 1 aliphatic rings. The Morgan fingerprint density at radius 3 is 2.58 bits per heavy atom. The van der Waals surface area contributed by atoms with E-state index in [1.165, 1.54) is 6.07 Å². The van der Waals surface area contributed by atoms with E-state index in [9.17, 15) is 14.0 Å². The molecule has 200 valence electrons. The summed E-state index contributed by atoms with van der Waals surface area (Å²) < 4.78 is 20.5. The molecular weight excluding hydrogens is 505 g/mol. The van der Waals surface area contributed by atoms with E-state index in [0.717, 1.165) is 16.7 Å². The molecule has 0 fully saturated rings. The maximum Gasteiger partial charge on any atom is 0.256 e. The molecule has 3 N–H and O–H groups in total. The van der Waals surface area contributed by atoms with Gasteiger partial charge in [0.1, 0.15) is 18.0 Å². The van der Waals surface area contributed by atoms with Crippen LogP contribution in [0.1, 0.15) is 55.5 Å². The number of anilines is 1. The number of fused-ring (bicyclic) bond motifs is 1. The van der Waals surface area contributed by atoms with Crippen molar-refractivity contribution in [2.24, 2.45) is 11.1 Å². The van der Waals surface area contributed by atoms with Crippen LogP contribution >= 0.6 is 11.6 Å². The van der Waals surface area contributed by atoms with Crippen LogP contribution in [0.2, 0.25) is 5.02 Å². The van der Waals surface area contributed by atoms with Crippen molar-refractivity contribution >= 4 is 29.1 Å². The van der Waals surface area contributed by atoms with Gasteiger partial charge >= 0.3 is 0 Å². The third-order valence-electron chi connectivity index (χ3n) is 6.33. The summed E-state index contributed by atoms with van der Waals surface area (Å²) in [5.41, 5.74) is 9.16. The molecule has 2 amide bonds. The standard InChI is InChI=1S/C30H33ClFN3O3/c1-30(2,3)18-35-25-12-11-22(31)14-23(25)28(20-9-6-7-19(13-20)16-33)38-26(29(35)37)15-27(36)34-17-21-8-4-5-10-24(21)32/h4-14,26,28H,15-18,33H2,1-3H3,(H,34,36)/t26-,28-/m1/s1. The molecule has 8 heteroatoms. The van der Waals surface area contributed by atoms with E-state index in [1.807, 2.05) is 51.1 Å². The van der Waals surface area contributed by atoms with Crippen LogP contribution in [0.15, 0.2) is 66.7 Å². The number of benzene rings is 3. The van der Waals surface area contributed by atoms with Crippen LogP contribution in [0.25, 0.3) is 0 Å². The lowest BCUT2D eigenvalue weighted by Crippen LogP contribution is -2.45. The van der Waals surface area contributed by atoms with Crippen LogP contribution in [-0.2, 0) is 27.4 Å². The molecule has 0 aromatic heterocycles. The van der Waals surface area contributed by atoms with Crippen molar-refractivity contribution in [2.75, 3.05) is 11.4 Å². The van der Waals surface area contributed by atoms with Crippen LogP contribution in [0, 0.1) is 11.2 Å². The lowest BCUT2D eigenvalue weighted by Gasteiger charge is -2.31. The largest absolute Gasteiger partial charge is 0.355 e. The maximum atomic E-state index is 14.1. The smallest absolute Gasteiger partial charge is 0.256 e. The first kappa shape index (κ1) is 27.8. The average molecular weight is 538 g/mol. The number of rotatable bonds is 7. The van der Waals surface area contributed by atoms with E-state index in [1.54, 1.807) is 35.2 Å². The molecule has 4 rings (SSSR count). The van der Waals surface area contributed by atoms with Gasteiger partial charge in [-0.1, -0.05) is 74.8 Å². The van der Waals surface area contributed by atoms with Gasteiger partial charge < -0.3 is 20.7 Å². The van der Waals surface area contributed by atoms with Crippen molar-refractivity contribution in [2.45, 2.75) is 52.5 Å². The lowest BCUT2D eigenvalue weighted by molar-refractivity contribution is -0.138. The van der Waals surface area contributed by atoms with Crippen molar-refractivity contribution in [3.8, 4) is 0 Å². The van der Waals surface area contributed by atoms with Gasteiger partial charge in [0.25, 0.3) is 5.91 Å². The number of carbonyl (C=O) groups excluding carboxylic acids is 2. The van der Waals surface area contributed by atoms with E-state index in [2.05, 4.69) is 5.32 Å². The second kappa shape index (κ2) is 11.6. The van der Waals surface area contributed by atoms with Crippen LogP contribution in [0.3, 0.4) is 0 Å². The van der Waals surface area contributed by atoms with Gasteiger partial charge in [-0.25, -0.2) is 4.39 Å². The van der Waals surface area contributed by atoms with E-state index >= 15 is 0 Å². The van der Waals surface area contributed by atoms with Crippen molar-refractivity contribution in [3.05, 3.63) is 99.8 Å². The van der Waals surface area contributed by atoms with Crippen molar-refractivity contribution in [3.63, 3.8) is 0 Å². The molecule has 1 aliphatic heterocycles. The molecule has 2 atom stereocenters. The van der Waals surface area contributed by atoms with Gasteiger partial charge in [0.05, 0.1) is 6.42 Å². The summed E-state index contributed by atoms with van der Waals surface area (Å²) >= 11 is 6.42. The van der Waals surface area contributed by atoms with E-state index < -0.39 is 23.9 Å². The molecule has 3 aromatic carbocycles. The first-order valence-corrected chi connectivity index (χ1v) is 13.0. The van der Waals surface area contributed by atoms with Gasteiger partial charge in [0.2, 0.25) is 5.91 Å². The minimum absolute atomic E-state index is 0.00985. The fraction of sp³-hybridized carbons (Fsp3) is 0.333. The first-order chi connectivity index (χ1) is 18.1. The minimum atomic E-state index is -1.07. The topological polar surface area (TPSA) is 84.7 Å². The normalized spacial score (nSPS) is 17.6. The van der Waals surface area contributed by atoms with E-state index in [-0.39, 0.29) is 24.3 Å². The fourth-order valence-corrected chi connectivity index (χ4v) is 4.74. The van der Waals surface area contributed by atoms with E-state index in [0.29, 0.717) is 29.4 Å². The zero-order chi connectivity index (χ0) is 27.4. The SMILES string of the molecule is CC(C)(C)CN1C(=O)[C@@H](CC(=O)NCc2ccccc2F)O[C@H](c2cccc(CN)c2)c2cc(Cl)ccc21. The quantitative estimate of drug-likeness (QED) is 0.416. The molecular formula is C30H33ClFN3O3. The summed E-state index contributed by atoms with van der Waals surface area (Å²) in [5, 5.41) is 3.24. The van der Waals surface area contributed by atoms with Crippen molar-refractivity contribution in [1.82, 2.24) is 5.32 Å². The number of hydrogen-bond acceptors (Lipinski definition) is 4. The van der Waals surface area contributed by atoms with Gasteiger partial charge in [-0.3, -0.25) is 9.59 Å². The van der Waals surface area contributed by atoms with Gasteiger partial charge in [0, 0.05) is 41.5 Å². The van der Waals surface area contributed by atoms with E-state index in [4.69, 9.17) is 22.1 Å². The van der Waals surface area contributed by atoms with Crippen molar-refractivity contribution in [1.29, 1.82) is 0 Å². The van der Waals surface area contributed by atoms with Crippen LogP contribution in [0.4, 0.5) is 10.1 Å². The number of ether oxygens (including phenoxy) is 1. The first-order valence-electron chi connectivity index (χ1n) is 12.6. The summed E-state index contributed by atoms with van der Waals surface area (Å²) in [6.45, 7) is 6.89. The molecule has 0 unspecified atom stereocenters.